The van der Waals surface area contributed by atoms with E-state index in [0.717, 1.165) is 0 Å². The highest BCUT2D eigenvalue weighted by molar-refractivity contribution is 7.89. The van der Waals surface area contributed by atoms with E-state index >= 15 is 0 Å². The van der Waals surface area contributed by atoms with E-state index in [9.17, 15) is 18.0 Å². The largest absolute Gasteiger partial charge is 0.481 e. The van der Waals surface area contributed by atoms with Gasteiger partial charge in [-0.05, 0) is 37.8 Å². The maximum Gasteiger partial charge on any atom is 0.303 e. The van der Waals surface area contributed by atoms with Crippen molar-refractivity contribution in [1.82, 2.24) is 9.62 Å². The SMILES string of the molecule is O=C(O)CCCCCNC(=O)C1CCCN1S(=O)(=O)c1ccccc1. The van der Waals surface area contributed by atoms with Gasteiger partial charge in [0.05, 0.1) is 4.90 Å². The number of carboxylic acid groups (broad SMARTS) is 1. The summed E-state index contributed by atoms with van der Waals surface area (Å²) in [5.74, 6) is -1.10. The third kappa shape index (κ3) is 5.27. The van der Waals surface area contributed by atoms with Gasteiger partial charge in [0, 0.05) is 19.5 Å². The van der Waals surface area contributed by atoms with Crippen molar-refractivity contribution in [2.24, 2.45) is 0 Å². The van der Waals surface area contributed by atoms with Gasteiger partial charge in [-0.15, -0.1) is 0 Å². The fourth-order valence-electron chi connectivity index (χ4n) is 2.93. The Kier molecular flexibility index (Phi) is 6.95. The molecule has 1 heterocycles. The summed E-state index contributed by atoms with van der Waals surface area (Å²) in [5, 5.41) is 11.3. The van der Waals surface area contributed by atoms with Gasteiger partial charge in [-0.3, -0.25) is 9.59 Å². The van der Waals surface area contributed by atoms with E-state index in [1.54, 1.807) is 18.2 Å². The van der Waals surface area contributed by atoms with E-state index in [1.165, 1.54) is 16.4 Å². The lowest BCUT2D eigenvalue weighted by Gasteiger charge is -2.23. The Morgan fingerprint density at radius 3 is 2.56 bits per heavy atom. The molecule has 1 aromatic carbocycles. The molecule has 1 aliphatic heterocycles. The van der Waals surface area contributed by atoms with E-state index < -0.39 is 22.0 Å². The second-order valence-electron chi connectivity index (χ2n) is 6.08. The van der Waals surface area contributed by atoms with E-state index in [0.29, 0.717) is 45.2 Å². The van der Waals surface area contributed by atoms with Crippen LogP contribution in [0.2, 0.25) is 0 Å². The third-order valence-electron chi connectivity index (χ3n) is 4.22. The number of hydrogen-bond acceptors (Lipinski definition) is 4. The van der Waals surface area contributed by atoms with Crippen LogP contribution in [0.4, 0.5) is 0 Å². The van der Waals surface area contributed by atoms with Crippen LogP contribution < -0.4 is 5.32 Å². The minimum Gasteiger partial charge on any atom is -0.481 e. The molecule has 1 fully saturated rings. The molecule has 1 aromatic rings. The predicted molar refractivity (Wildman–Crippen MR) is 92.5 cm³/mol. The second kappa shape index (κ2) is 8.96. The van der Waals surface area contributed by atoms with E-state index in [4.69, 9.17) is 5.11 Å². The quantitative estimate of drug-likeness (QED) is 0.644. The lowest BCUT2D eigenvalue weighted by Crippen LogP contribution is -2.46. The first kappa shape index (κ1) is 19.4. The standard InChI is InChI=1S/C17H24N2O5S/c20-16(21)11-5-2-6-12-18-17(22)15-10-7-13-19(15)25(23,24)14-8-3-1-4-9-14/h1,3-4,8-9,15H,2,5-7,10-13H2,(H,18,22)(H,20,21). The second-order valence-corrected chi connectivity index (χ2v) is 7.97. The van der Waals surface area contributed by atoms with Gasteiger partial charge < -0.3 is 10.4 Å². The number of nitrogens with one attached hydrogen (secondary N) is 1. The van der Waals surface area contributed by atoms with Crippen molar-refractivity contribution in [2.45, 2.75) is 49.5 Å². The first-order valence-corrected chi connectivity index (χ1v) is 9.93. The van der Waals surface area contributed by atoms with Crippen LogP contribution in [0, 0.1) is 0 Å². The average molecular weight is 368 g/mol. The third-order valence-corrected chi connectivity index (χ3v) is 6.15. The molecule has 1 saturated heterocycles. The topological polar surface area (TPSA) is 104 Å². The summed E-state index contributed by atoms with van der Waals surface area (Å²) in [7, 11) is -3.67. The summed E-state index contributed by atoms with van der Waals surface area (Å²) in [4.78, 5) is 23.0. The molecule has 7 nitrogen and oxygen atoms in total. The number of unbranched alkanes of at least 4 members (excludes halogenated alkanes) is 2. The van der Waals surface area contributed by atoms with Crippen molar-refractivity contribution >= 4 is 21.9 Å². The number of sulfonamides is 1. The highest BCUT2D eigenvalue weighted by Gasteiger charge is 2.39. The molecule has 0 saturated carbocycles. The Balaban J connectivity index is 1.88. The number of benzene rings is 1. The number of carbonyl (C=O) groups excluding carboxylic acids is 1. The smallest absolute Gasteiger partial charge is 0.303 e. The summed E-state index contributed by atoms with van der Waals surface area (Å²) in [6.45, 7) is 0.766. The summed E-state index contributed by atoms with van der Waals surface area (Å²) >= 11 is 0. The molecule has 0 aliphatic carbocycles. The van der Waals surface area contributed by atoms with E-state index in [2.05, 4.69) is 5.32 Å². The highest BCUT2D eigenvalue weighted by Crippen LogP contribution is 2.26. The lowest BCUT2D eigenvalue weighted by molar-refractivity contribution is -0.137. The Labute approximate surface area is 148 Å². The number of rotatable bonds is 9. The minimum absolute atomic E-state index is 0.125. The summed E-state index contributed by atoms with van der Waals surface area (Å²) < 4.78 is 26.7. The number of aliphatic carboxylic acids is 1. The Bertz CT molecular complexity index is 690. The average Bonchev–Trinajstić information content (AvgIpc) is 3.09. The van der Waals surface area contributed by atoms with Crippen molar-refractivity contribution in [3.05, 3.63) is 30.3 Å². The number of nitrogens with zero attached hydrogens (tertiary/aromatic N) is 1. The van der Waals surface area contributed by atoms with Crippen LogP contribution in [0.15, 0.2) is 35.2 Å². The van der Waals surface area contributed by atoms with Crippen molar-refractivity contribution in [1.29, 1.82) is 0 Å². The number of amides is 1. The van der Waals surface area contributed by atoms with Crippen molar-refractivity contribution < 1.29 is 23.1 Å². The molecule has 2 N–H and O–H groups in total. The van der Waals surface area contributed by atoms with Crippen molar-refractivity contribution in [3.63, 3.8) is 0 Å². The molecule has 0 bridgehead atoms. The van der Waals surface area contributed by atoms with Gasteiger partial charge in [0.25, 0.3) is 0 Å². The maximum absolute atomic E-state index is 12.7. The molecule has 1 amide bonds. The fourth-order valence-corrected chi connectivity index (χ4v) is 4.60. The number of hydrogen-bond donors (Lipinski definition) is 2. The van der Waals surface area contributed by atoms with Crippen LogP contribution in [0.25, 0.3) is 0 Å². The van der Waals surface area contributed by atoms with Gasteiger partial charge in [0.1, 0.15) is 6.04 Å². The first-order valence-electron chi connectivity index (χ1n) is 8.49. The van der Waals surface area contributed by atoms with Crippen LogP contribution in [-0.4, -0.2) is 48.8 Å². The van der Waals surface area contributed by atoms with Gasteiger partial charge in [-0.25, -0.2) is 8.42 Å². The zero-order chi connectivity index (χ0) is 18.3. The lowest BCUT2D eigenvalue weighted by atomic mass is 10.2. The summed E-state index contributed by atoms with van der Waals surface area (Å²) in [5.41, 5.74) is 0. The molecule has 138 valence electrons. The van der Waals surface area contributed by atoms with Crippen LogP contribution in [0.5, 0.6) is 0 Å². The van der Waals surface area contributed by atoms with Crippen LogP contribution in [-0.2, 0) is 19.6 Å². The van der Waals surface area contributed by atoms with Crippen molar-refractivity contribution in [2.75, 3.05) is 13.1 Å². The normalized spacial score (nSPS) is 18.2. The Morgan fingerprint density at radius 2 is 1.88 bits per heavy atom. The van der Waals surface area contributed by atoms with E-state index in [-0.39, 0.29) is 17.2 Å². The van der Waals surface area contributed by atoms with Crippen LogP contribution >= 0.6 is 0 Å². The molecular formula is C17H24N2O5S. The highest BCUT2D eigenvalue weighted by atomic mass is 32.2. The summed E-state index contributed by atoms with van der Waals surface area (Å²) in [6.07, 6.45) is 3.25. The summed E-state index contributed by atoms with van der Waals surface area (Å²) in [6, 6.07) is 7.46. The molecule has 25 heavy (non-hydrogen) atoms. The zero-order valence-corrected chi connectivity index (χ0v) is 14.9. The van der Waals surface area contributed by atoms with Gasteiger partial charge in [-0.1, -0.05) is 24.6 Å². The molecule has 0 aromatic heterocycles. The van der Waals surface area contributed by atoms with Crippen LogP contribution in [0.1, 0.15) is 38.5 Å². The maximum atomic E-state index is 12.7. The van der Waals surface area contributed by atoms with Crippen LogP contribution in [0.3, 0.4) is 0 Å². The predicted octanol–water partition coefficient (Wildman–Crippen LogP) is 1.60. The molecule has 1 aliphatic rings. The Morgan fingerprint density at radius 1 is 1.16 bits per heavy atom. The van der Waals surface area contributed by atoms with Crippen molar-refractivity contribution in [3.8, 4) is 0 Å². The molecule has 0 radical (unpaired) electrons. The first-order chi connectivity index (χ1) is 11.9. The van der Waals surface area contributed by atoms with Gasteiger partial charge in [-0.2, -0.15) is 4.31 Å². The monoisotopic (exact) mass is 368 g/mol. The number of carbonyl (C=O) groups is 2. The van der Waals surface area contributed by atoms with E-state index in [1.807, 2.05) is 0 Å². The van der Waals surface area contributed by atoms with Gasteiger partial charge in [0.15, 0.2) is 0 Å². The molecular weight excluding hydrogens is 344 g/mol. The van der Waals surface area contributed by atoms with Gasteiger partial charge in [0.2, 0.25) is 15.9 Å². The Hall–Kier alpha value is -1.93. The molecule has 2 rings (SSSR count). The fraction of sp³-hybridized carbons (Fsp3) is 0.529. The molecule has 1 unspecified atom stereocenters. The molecule has 1 atom stereocenters. The number of carboxylic acids is 1. The van der Waals surface area contributed by atoms with Gasteiger partial charge >= 0.3 is 5.97 Å². The minimum atomic E-state index is -3.67. The zero-order valence-electron chi connectivity index (χ0n) is 14.1. The molecule has 0 spiro atoms. The molecule has 8 heteroatoms.